The minimum Gasteiger partial charge on any atom is -0.348 e. The van der Waals surface area contributed by atoms with Crippen molar-refractivity contribution in [3.05, 3.63) is 83.4 Å². The van der Waals surface area contributed by atoms with Gasteiger partial charge in [0.1, 0.15) is 11.0 Å². The van der Waals surface area contributed by atoms with Crippen LogP contribution in [0.3, 0.4) is 0 Å². The van der Waals surface area contributed by atoms with Crippen LogP contribution in [0.15, 0.2) is 71.4 Å². The monoisotopic (exact) mass is 439 g/mol. The van der Waals surface area contributed by atoms with Gasteiger partial charge >= 0.3 is 0 Å². The molecule has 0 spiro atoms. The van der Waals surface area contributed by atoms with Gasteiger partial charge in [0.25, 0.3) is 5.91 Å². The van der Waals surface area contributed by atoms with E-state index >= 15 is 0 Å². The van der Waals surface area contributed by atoms with Gasteiger partial charge in [0.15, 0.2) is 0 Å². The van der Waals surface area contributed by atoms with Crippen LogP contribution in [0.25, 0.3) is 22.2 Å². The Labute approximate surface area is 191 Å². The summed E-state index contributed by atoms with van der Waals surface area (Å²) in [6.45, 7) is 3.70. The van der Waals surface area contributed by atoms with Crippen molar-refractivity contribution in [3.8, 4) is 11.1 Å². The Morgan fingerprint density at radius 1 is 1.00 bits per heavy atom. The molecule has 2 bridgehead atoms. The molecule has 2 saturated heterocycles. The minimum absolute atomic E-state index is 0.151. The number of benzene rings is 3. The highest BCUT2D eigenvalue weighted by molar-refractivity contribution is 5.97. The molecular weight excluding hydrogens is 414 g/mol. The van der Waals surface area contributed by atoms with Crippen LogP contribution in [0.2, 0.25) is 0 Å². The topological polar surface area (TPSA) is 83.3 Å². The van der Waals surface area contributed by atoms with E-state index in [0.717, 1.165) is 30.8 Å². The van der Waals surface area contributed by atoms with Crippen LogP contribution >= 0.6 is 0 Å². The number of rotatable bonds is 6. The molecule has 33 heavy (non-hydrogen) atoms. The number of hydrogen-bond acceptors (Lipinski definition) is 6. The lowest BCUT2D eigenvalue weighted by Crippen LogP contribution is -2.42. The summed E-state index contributed by atoms with van der Waals surface area (Å²) < 4.78 is 4.71. The SMILES string of the molecule is O=C(NCc1cccc(-c2cccc(CN3C[C@@H]4C[C@H]3CN4)c2)c1)c1ccc2nonc2c1. The van der Waals surface area contributed by atoms with E-state index in [1.165, 1.54) is 17.5 Å². The smallest absolute Gasteiger partial charge is 0.251 e. The number of fused-ring (bicyclic) bond motifs is 3. The second-order valence-electron chi connectivity index (χ2n) is 8.98. The van der Waals surface area contributed by atoms with Crippen LogP contribution in [0.1, 0.15) is 27.9 Å². The Hall–Kier alpha value is -3.55. The zero-order valence-corrected chi connectivity index (χ0v) is 18.2. The van der Waals surface area contributed by atoms with E-state index in [4.69, 9.17) is 4.63 Å². The third-order valence-electron chi connectivity index (χ3n) is 6.71. The van der Waals surface area contributed by atoms with Gasteiger partial charge in [-0.15, -0.1) is 0 Å². The number of carbonyl (C=O) groups excluding carboxylic acids is 1. The summed E-state index contributed by atoms with van der Waals surface area (Å²) in [6.07, 6.45) is 1.27. The Morgan fingerprint density at radius 2 is 1.79 bits per heavy atom. The molecule has 0 unspecified atom stereocenters. The van der Waals surface area contributed by atoms with E-state index in [1.807, 2.05) is 12.1 Å². The van der Waals surface area contributed by atoms with Crippen LogP contribution in [0.5, 0.6) is 0 Å². The first-order valence-electron chi connectivity index (χ1n) is 11.4. The first kappa shape index (κ1) is 20.1. The highest BCUT2D eigenvalue weighted by Crippen LogP contribution is 2.27. The molecule has 4 aromatic rings. The molecule has 7 nitrogen and oxygen atoms in total. The lowest BCUT2D eigenvalue weighted by Gasteiger charge is -2.27. The number of piperazine rings is 1. The third-order valence-corrected chi connectivity index (χ3v) is 6.71. The molecule has 2 aliphatic rings. The molecule has 0 radical (unpaired) electrons. The van der Waals surface area contributed by atoms with Gasteiger partial charge in [-0.25, -0.2) is 4.63 Å². The van der Waals surface area contributed by atoms with Crippen molar-refractivity contribution < 1.29 is 9.42 Å². The molecule has 2 N–H and O–H groups in total. The van der Waals surface area contributed by atoms with Crippen molar-refractivity contribution in [3.63, 3.8) is 0 Å². The van der Waals surface area contributed by atoms with Gasteiger partial charge in [0.2, 0.25) is 0 Å². The first-order chi connectivity index (χ1) is 16.2. The molecule has 2 fully saturated rings. The molecule has 1 amide bonds. The van der Waals surface area contributed by atoms with Gasteiger partial charge in [0, 0.05) is 43.8 Å². The Kier molecular flexibility index (Phi) is 5.13. The van der Waals surface area contributed by atoms with Crippen LogP contribution in [0, 0.1) is 0 Å². The number of nitrogens with zero attached hydrogens (tertiary/aromatic N) is 3. The summed E-state index contributed by atoms with van der Waals surface area (Å²) in [5, 5.41) is 14.1. The predicted molar refractivity (Wildman–Crippen MR) is 125 cm³/mol. The second-order valence-corrected chi connectivity index (χ2v) is 8.98. The molecule has 1 aromatic heterocycles. The quantitative estimate of drug-likeness (QED) is 0.479. The van der Waals surface area contributed by atoms with E-state index < -0.39 is 0 Å². The molecule has 3 aromatic carbocycles. The maximum Gasteiger partial charge on any atom is 0.251 e. The summed E-state index contributed by atoms with van der Waals surface area (Å²) in [7, 11) is 0. The summed E-state index contributed by atoms with van der Waals surface area (Å²) in [5.41, 5.74) is 6.50. The molecule has 7 heteroatoms. The van der Waals surface area contributed by atoms with Crippen LogP contribution in [0.4, 0.5) is 0 Å². The van der Waals surface area contributed by atoms with Crippen LogP contribution < -0.4 is 10.6 Å². The van der Waals surface area contributed by atoms with E-state index in [-0.39, 0.29) is 5.91 Å². The van der Waals surface area contributed by atoms with E-state index in [0.29, 0.717) is 35.2 Å². The highest BCUT2D eigenvalue weighted by Gasteiger charge is 2.37. The largest absolute Gasteiger partial charge is 0.348 e. The Balaban J connectivity index is 1.13. The predicted octanol–water partition coefficient (Wildman–Crippen LogP) is 3.37. The van der Waals surface area contributed by atoms with Crippen molar-refractivity contribution in [1.29, 1.82) is 0 Å². The summed E-state index contributed by atoms with van der Waals surface area (Å²) in [6, 6.07) is 23.6. The van der Waals surface area contributed by atoms with Crippen molar-refractivity contribution >= 4 is 16.9 Å². The number of amides is 1. The van der Waals surface area contributed by atoms with Gasteiger partial charge in [-0.3, -0.25) is 9.69 Å². The number of aromatic nitrogens is 2. The summed E-state index contributed by atoms with van der Waals surface area (Å²) >= 11 is 0. The molecule has 2 aliphatic heterocycles. The van der Waals surface area contributed by atoms with Gasteiger partial charge < -0.3 is 10.6 Å². The second kappa shape index (κ2) is 8.42. The van der Waals surface area contributed by atoms with Crippen LogP contribution in [-0.2, 0) is 13.1 Å². The zero-order chi connectivity index (χ0) is 22.2. The van der Waals surface area contributed by atoms with Gasteiger partial charge in [-0.1, -0.05) is 36.4 Å². The number of nitrogens with one attached hydrogen (secondary N) is 2. The molecule has 2 atom stereocenters. The molecule has 0 saturated carbocycles. The summed E-state index contributed by atoms with van der Waals surface area (Å²) in [5.74, 6) is -0.151. The van der Waals surface area contributed by atoms with E-state index in [1.54, 1.807) is 18.2 Å². The van der Waals surface area contributed by atoms with Crippen molar-refractivity contribution in [2.45, 2.75) is 31.6 Å². The average Bonchev–Trinajstić information content (AvgIpc) is 3.60. The minimum atomic E-state index is -0.151. The standard InChI is InChI=1S/C26H25N5O2/c32-26(21-7-8-24-25(11-21)30-33-29-24)28-13-17-3-1-5-19(9-17)20-6-2-4-18(10-20)15-31-16-22-12-23(31)14-27-22/h1-11,22-23,27H,12-16H2,(H,28,32)/t22-,23-/m0/s1. The maximum atomic E-state index is 12.6. The van der Waals surface area contributed by atoms with Gasteiger partial charge in [0.05, 0.1) is 0 Å². The highest BCUT2D eigenvalue weighted by atomic mass is 16.6. The fraction of sp³-hybridized carbons (Fsp3) is 0.269. The van der Waals surface area contributed by atoms with Crippen molar-refractivity contribution in [1.82, 2.24) is 25.8 Å². The first-order valence-corrected chi connectivity index (χ1v) is 11.4. The van der Waals surface area contributed by atoms with Crippen molar-refractivity contribution in [2.75, 3.05) is 13.1 Å². The summed E-state index contributed by atoms with van der Waals surface area (Å²) in [4.78, 5) is 15.2. The maximum absolute atomic E-state index is 12.6. The lowest BCUT2D eigenvalue weighted by molar-refractivity contribution is 0.0951. The molecule has 166 valence electrons. The Morgan fingerprint density at radius 3 is 2.58 bits per heavy atom. The van der Waals surface area contributed by atoms with E-state index in [2.05, 4.69) is 62.2 Å². The fourth-order valence-corrected chi connectivity index (χ4v) is 4.99. The lowest BCUT2D eigenvalue weighted by atomic mass is 10.0. The average molecular weight is 440 g/mol. The molecule has 0 aliphatic carbocycles. The molecule has 6 rings (SSSR count). The Bertz CT molecular complexity index is 1320. The van der Waals surface area contributed by atoms with Gasteiger partial charge in [-0.2, -0.15) is 0 Å². The normalized spacial score (nSPS) is 19.9. The molecule has 3 heterocycles. The number of hydrogen-bond donors (Lipinski definition) is 2. The number of carbonyl (C=O) groups is 1. The van der Waals surface area contributed by atoms with Crippen LogP contribution in [-0.4, -0.2) is 46.3 Å². The zero-order valence-electron chi connectivity index (χ0n) is 18.2. The number of likely N-dealkylation sites (tertiary alicyclic amines) is 1. The molecular formula is C26H25N5O2. The van der Waals surface area contributed by atoms with Gasteiger partial charge in [-0.05, 0) is 69.3 Å². The fourth-order valence-electron chi connectivity index (χ4n) is 4.99. The van der Waals surface area contributed by atoms with E-state index in [9.17, 15) is 4.79 Å². The van der Waals surface area contributed by atoms with Crippen molar-refractivity contribution in [2.24, 2.45) is 0 Å². The third kappa shape index (κ3) is 4.13.